The maximum Gasteiger partial charge on any atom is 0.211 e. The number of ether oxygens (including phenoxy) is 1. The first-order valence-electron chi connectivity index (χ1n) is 11.4. The highest BCUT2D eigenvalue weighted by Crippen LogP contribution is 2.30. The van der Waals surface area contributed by atoms with E-state index >= 15 is 0 Å². The van der Waals surface area contributed by atoms with E-state index in [1.165, 1.54) is 17.0 Å². The molecule has 0 bridgehead atoms. The van der Waals surface area contributed by atoms with Crippen molar-refractivity contribution in [3.05, 3.63) is 97.5 Å². The van der Waals surface area contributed by atoms with Gasteiger partial charge in [-0.25, -0.2) is 9.67 Å². The Labute approximate surface area is 228 Å². The first kappa shape index (κ1) is 25.1. The lowest BCUT2D eigenvalue weighted by atomic mass is 10.1. The van der Waals surface area contributed by atoms with Gasteiger partial charge in [0.25, 0.3) is 0 Å². The van der Waals surface area contributed by atoms with Gasteiger partial charge in [0.15, 0.2) is 0 Å². The highest BCUT2D eigenvalue weighted by Gasteiger charge is 2.13. The molecule has 0 saturated carbocycles. The molecule has 0 aliphatic carbocycles. The van der Waals surface area contributed by atoms with Crippen LogP contribution in [0.5, 0.6) is 0 Å². The van der Waals surface area contributed by atoms with E-state index in [0.717, 1.165) is 48.8 Å². The summed E-state index contributed by atoms with van der Waals surface area (Å²) in [5, 5.41) is 8.55. The third kappa shape index (κ3) is 5.53. The summed E-state index contributed by atoms with van der Waals surface area (Å²) in [7, 11) is 0. The van der Waals surface area contributed by atoms with Gasteiger partial charge < -0.3 is 9.64 Å². The predicted molar refractivity (Wildman–Crippen MR) is 152 cm³/mol. The predicted octanol–water partition coefficient (Wildman–Crippen LogP) is 7.52. The Morgan fingerprint density at radius 2 is 1.64 bits per heavy atom. The van der Waals surface area contributed by atoms with Crippen LogP contribution in [0.2, 0.25) is 15.1 Å². The van der Waals surface area contributed by atoms with Crippen molar-refractivity contribution in [3.8, 4) is 11.3 Å². The Morgan fingerprint density at radius 1 is 0.889 bits per heavy atom. The van der Waals surface area contributed by atoms with Gasteiger partial charge in [-0.05, 0) is 48.9 Å². The first-order valence-corrected chi connectivity index (χ1v) is 13.4. The monoisotopic (exact) mass is 556 g/mol. The van der Waals surface area contributed by atoms with Crippen molar-refractivity contribution in [1.29, 1.82) is 0 Å². The number of anilines is 1. The number of aromatic nitrogens is 1. The number of halogens is 3. The summed E-state index contributed by atoms with van der Waals surface area (Å²) in [6.07, 6.45) is 0. The van der Waals surface area contributed by atoms with Gasteiger partial charge in [0.2, 0.25) is 4.80 Å². The molecule has 3 aromatic carbocycles. The average Bonchev–Trinajstić information content (AvgIpc) is 3.29. The fourth-order valence-electron chi connectivity index (χ4n) is 3.92. The quantitative estimate of drug-likeness (QED) is 0.238. The molecule has 0 amide bonds. The molecule has 0 N–H and O–H groups in total. The number of hydrogen-bond donors (Lipinski definition) is 0. The average molecular weight is 558 g/mol. The van der Waals surface area contributed by atoms with Crippen molar-refractivity contribution in [2.75, 3.05) is 31.2 Å². The van der Waals surface area contributed by atoms with E-state index < -0.39 is 0 Å². The van der Waals surface area contributed by atoms with Crippen molar-refractivity contribution in [2.45, 2.75) is 6.92 Å². The molecule has 2 heterocycles. The van der Waals surface area contributed by atoms with E-state index in [1.54, 1.807) is 6.07 Å². The number of rotatable bonds is 5. The molecule has 1 saturated heterocycles. The van der Waals surface area contributed by atoms with Gasteiger partial charge in [-0.1, -0.05) is 65.1 Å². The second kappa shape index (κ2) is 11.2. The Bertz CT molecular complexity index is 1470. The van der Waals surface area contributed by atoms with Crippen molar-refractivity contribution in [3.63, 3.8) is 0 Å². The number of para-hydroxylation sites is 1. The molecule has 9 heteroatoms. The summed E-state index contributed by atoms with van der Waals surface area (Å²) in [6.45, 7) is 5.30. The summed E-state index contributed by atoms with van der Waals surface area (Å²) in [5.41, 5.74) is 5.48. The molecule has 0 radical (unpaired) electrons. The molecule has 36 heavy (non-hydrogen) atoms. The zero-order chi connectivity index (χ0) is 25.1. The lowest BCUT2D eigenvalue weighted by Crippen LogP contribution is -2.36. The molecule has 1 fully saturated rings. The van der Waals surface area contributed by atoms with Crippen LogP contribution in [0.4, 0.5) is 11.4 Å². The fraction of sp³-hybridized carbons (Fsp3) is 0.185. The van der Waals surface area contributed by atoms with Crippen LogP contribution in [0.15, 0.2) is 82.2 Å². The first-order chi connectivity index (χ1) is 17.5. The minimum absolute atomic E-state index is 0.482. The summed E-state index contributed by atoms with van der Waals surface area (Å²) in [4.78, 5) is 7.83. The number of benzene rings is 3. The lowest BCUT2D eigenvalue weighted by Gasteiger charge is -2.28. The molecule has 0 spiro atoms. The van der Waals surface area contributed by atoms with E-state index in [1.807, 2.05) is 53.4 Å². The van der Waals surface area contributed by atoms with Gasteiger partial charge in [-0.3, -0.25) is 0 Å². The van der Waals surface area contributed by atoms with E-state index in [4.69, 9.17) is 49.6 Å². The Morgan fingerprint density at radius 3 is 2.36 bits per heavy atom. The summed E-state index contributed by atoms with van der Waals surface area (Å²) in [5.74, 6) is 0. The van der Waals surface area contributed by atoms with Crippen molar-refractivity contribution >= 4 is 63.2 Å². The minimum atomic E-state index is 0.482. The van der Waals surface area contributed by atoms with E-state index in [2.05, 4.69) is 29.2 Å². The molecule has 5 nitrogen and oxygen atoms in total. The molecule has 4 aromatic rings. The highest BCUT2D eigenvalue weighted by molar-refractivity contribution is 7.07. The SMILES string of the molecule is CC(=Nn1c(-c2ccc(Cl)c(Cl)c2)csc1=Nc1ccccc1Cl)c1ccc(N2CCOCC2)cc1. The fourth-order valence-corrected chi connectivity index (χ4v) is 5.23. The van der Waals surface area contributed by atoms with Gasteiger partial charge in [-0.15, -0.1) is 11.3 Å². The zero-order valence-corrected chi connectivity index (χ0v) is 22.6. The lowest BCUT2D eigenvalue weighted by molar-refractivity contribution is 0.122. The molecular formula is C27H23Cl3N4OS. The van der Waals surface area contributed by atoms with E-state index in [-0.39, 0.29) is 0 Å². The van der Waals surface area contributed by atoms with Gasteiger partial charge in [0, 0.05) is 29.7 Å². The van der Waals surface area contributed by atoms with Gasteiger partial charge >= 0.3 is 0 Å². The normalized spacial score (nSPS) is 14.9. The Kier molecular flexibility index (Phi) is 7.79. The number of morpholine rings is 1. The van der Waals surface area contributed by atoms with Gasteiger partial charge in [0.1, 0.15) is 0 Å². The summed E-state index contributed by atoms with van der Waals surface area (Å²) in [6, 6.07) is 21.5. The minimum Gasteiger partial charge on any atom is -0.378 e. The second-order valence-corrected chi connectivity index (χ2v) is 10.3. The molecular weight excluding hydrogens is 535 g/mol. The Balaban J connectivity index is 1.57. The van der Waals surface area contributed by atoms with Crippen LogP contribution in [0.25, 0.3) is 11.3 Å². The van der Waals surface area contributed by atoms with Crippen LogP contribution in [0.1, 0.15) is 12.5 Å². The maximum absolute atomic E-state index is 6.39. The summed E-state index contributed by atoms with van der Waals surface area (Å²) >= 11 is 20.4. The molecule has 0 unspecified atom stereocenters. The van der Waals surface area contributed by atoms with E-state index in [0.29, 0.717) is 25.6 Å². The molecule has 1 aliphatic rings. The molecule has 184 valence electrons. The van der Waals surface area contributed by atoms with E-state index in [9.17, 15) is 0 Å². The third-order valence-corrected chi connectivity index (χ3v) is 7.76. The topological polar surface area (TPSA) is 42.1 Å². The summed E-state index contributed by atoms with van der Waals surface area (Å²) < 4.78 is 7.30. The number of nitrogens with zero attached hydrogens (tertiary/aromatic N) is 4. The van der Waals surface area contributed by atoms with Crippen molar-refractivity contribution < 1.29 is 4.74 Å². The molecule has 5 rings (SSSR count). The number of hydrogen-bond acceptors (Lipinski definition) is 5. The second-order valence-electron chi connectivity index (χ2n) is 8.24. The third-order valence-electron chi connectivity index (χ3n) is 5.88. The molecule has 0 atom stereocenters. The number of thiazole rings is 1. The largest absolute Gasteiger partial charge is 0.378 e. The molecule has 1 aromatic heterocycles. The maximum atomic E-state index is 6.39. The van der Waals surface area contributed by atoms with Crippen molar-refractivity contribution in [2.24, 2.45) is 10.1 Å². The standard InChI is InChI=1S/C27H23Cl3N4OS/c1-18(19-6-9-21(10-7-19)33-12-14-35-15-13-33)32-34-26(20-8-11-22(28)24(30)16-20)17-36-27(34)31-25-5-3-2-4-23(25)29/h2-11,16-17H,12-15H2,1H3. The van der Waals surface area contributed by atoms with Crippen LogP contribution in [-0.2, 0) is 4.74 Å². The zero-order valence-electron chi connectivity index (χ0n) is 19.5. The highest BCUT2D eigenvalue weighted by atomic mass is 35.5. The Hall–Kier alpha value is -2.61. The van der Waals surface area contributed by atoms with Crippen LogP contribution in [0.3, 0.4) is 0 Å². The van der Waals surface area contributed by atoms with Crippen LogP contribution in [0, 0.1) is 0 Å². The smallest absolute Gasteiger partial charge is 0.211 e. The van der Waals surface area contributed by atoms with Gasteiger partial charge in [0.05, 0.1) is 45.4 Å². The molecule has 1 aliphatic heterocycles. The van der Waals surface area contributed by atoms with Crippen LogP contribution >= 0.6 is 46.1 Å². The van der Waals surface area contributed by atoms with Crippen LogP contribution in [-0.4, -0.2) is 36.7 Å². The van der Waals surface area contributed by atoms with Crippen molar-refractivity contribution in [1.82, 2.24) is 4.68 Å². The van der Waals surface area contributed by atoms with Gasteiger partial charge in [-0.2, -0.15) is 5.10 Å². The van der Waals surface area contributed by atoms with Crippen LogP contribution < -0.4 is 9.70 Å².